The Bertz CT molecular complexity index is 1590. The van der Waals surface area contributed by atoms with Crippen LogP contribution in [0, 0.1) is 5.92 Å². The summed E-state index contributed by atoms with van der Waals surface area (Å²) in [4.78, 5) is 28.1. The third kappa shape index (κ3) is 5.18. The van der Waals surface area contributed by atoms with Crippen molar-refractivity contribution >= 4 is 23.0 Å². The Morgan fingerprint density at radius 2 is 1.82 bits per heavy atom. The van der Waals surface area contributed by atoms with E-state index in [9.17, 15) is 9.59 Å². The van der Waals surface area contributed by atoms with E-state index in [4.69, 9.17) is 0 Å². The van der Waals surface area contributed by atoms with Crippen molar-refractivity contribution in [2.24, 2.45) is 13.0 Å². The van der Waals surface area contributed by atoms with E-state index >= 15 is 0 Å². The van der Waals surface area contributed by atoms with Crippen molar-refractivity contribution in [2.75, 3.05) is 6.54 Å². The van der Waals surface area contributed by atoms with E-state index in [1.807, 2.05) is 57.0 Å². The summed E-state index contributed by atoms with van der Waals surface area (Å²) in [6.07, 6.45) is 1.63. The van der Waals surface area contributed by atoms with Crippen molar-refractivity contribution in [2.45, 2.75) is 58.2 Å². The smallest absolute Gasteiger partial charge is 0.318 e. The fourth-order valence-electron chi connectivity index (χ4n) is 5.81. The molecule has 2 atom stereocenters. The lowest BCUT2D eigenvalue weighted by molar-refractivity contribution is -0.122. The minimum atomic E-state index is -0.317. The van der Waals surface area contributed by atoms with E-state index in [1.54, 1.807) is 4.68 Å². The second-order valence-corrected chi connectivity index (χ2v) is 12.1. The monoisotopic (exact) mass is 536 g/mol. The SMILES string of the molecule is Cn1nnc2ccc(-c3ccc(CNC(=O)C4C[C@H]4c4ccccc4)c4c3CCN(C(=O)NC(C)(C)C)C4)cc21. The summed E-state index contributed by atoms with van der Waals surface area (Å²) in [6, 6.07) is 20.7. The van der Waals surface area contributed by atoms with Crippen LogP contribution < -0.4 is 10.6 Å². The Balaban J connectivity index is 1.28. The van der Waals surface area contributed by atoms with Crippen LogP contribution in [-0.2, 0) is 31.4 Å². The minimum Gasteiger partial charge on any atom is -0.352 e. The first kappa shape index (κ1) is 26.0. The molecule has 2 heterocycles. The van der Waals surface area contributed by atoms with E-state index in [0.29, 0.717) is 25.6 Å². The summed E-state index contributed by atoms with van der Waals surface area (Å²) in [7, 11) is 1.90. The van der Waals surface area contributed by atoms with Crippen molar-refractivity contribution in [3.63, 3.8) is 0 Å². The van der Waals surface area contributed by atoms with Gasteiger partial charge >= 0.3 is 6.03 Å². The van der Waals surface area contributed by atoms with Crippen molar-refractivity contribution in [3.8, 4) is 11.1 Å². The van der Waals surface area contributed by atoms with Gasteiger partial charge in [0.15, 0.2) is 0 Å². The first-order valence-corrected chi connectivity index (χ1v) is 14.0. The van der Waals surface area contributed by atoms with Crippen molar-refractivity contribution < 1.29 is 9.59 Å². The summed E-state index contributed by atoms with van der Waals surface area (Å²) in [5.41, 5.74) is 8.39. The number of nitrogens with one attached hydrogen (secondary N) is 2. The Hall–Kier alpha value is -4.20. The van der Waals surface area contributed by atoms with Gasteiger partial charge < -0.3 is 15.5 Å². The normalized spacial score (nSPS) is 18.4. The van der Waals surface area contributed by atoms with Crippen LogP contribution in [0.3, 0.4) is 0 Å². The van der Waals surface area contributed by atoms with E-state index in [1.165, 1.54) is 11.1 Å². The molecule has 3 aromatic carbocycles. The van der Waals surface area contributed by atoms with E-state index < -0.39 is 0 Å². The summed E-state index contributed by atoms with van der Waals surface area (Å²) >= 11 is 0. The lowest BCUT2D eigenvalue weighted by atomic mass is 9.87. The number of hydrogen-bond acceptors (Lipinski definition) is 4. The molecule has 8 nitrogen and oxygen atoms in total. The van der Waals surface area contributed by atoms with Gasteiger partial charge in [-0.2, -0.15) is 0 Å². The molecule has 2 aliphatic rings. The van der Waals surface area contributed by atoms with Crippen LogP contribution in [0.5, 0.6) is 0 Å². The van der Waals surface area contributed by atoms with Crippen LogP contribution in [0.25, 0.3) is 22.2 Å². The van der Waals surface area contributed by atoms with Crippen LogP contribution in [-0.4, -0.2) is 43.9 Å². The van der Waals surface area contributed by atoms with Gasteiger partial charge in [-0.1, -0.05) is 53.7 Å². The van der Waals surface area contributed by atoms with Crippen molar-refractivity contribution in [1.29, 1.82) is 0 Å². The maximum absolute atomic E-state index is 13.1. The summed E-state index contributed by atoms with van der Waals surface area (Å²) in [6.45, 7) is 7.55. The summed E-state index contributed by atoms with van der Waals surface area (Å²) in [5, 5.41) is 14.7. The molecule has 8 heteroatoms. The molecular formula is C32H36N6O2. The summed E-state index contributed by atoms with van der Waals surface area (Å²) < 4.78 is 1.79. The molecule has 0 saturated heterocycles. The molecule has 1 unspecified atom stereocenters. The van der Waals surface area contributed by atoms with Gasteiger partial charge in [0.25, 0.3) is 0 Å². The number of carbonyl (C=O) groups is 2. The van der Waals surface area contributed by atoms with Gasteiger partial charge in [0.2, 0.25) is 5.91 Å². The zero-order valence-electron chi connectivity index (χ0n) is 23.6. The molecule has 1 saturated carbocycles. The fraction of sp³-hybridized carbons (Fsp3) is 0.375. The number of aryl methyl sites for hydroxylation is 1. The number of amides is 3. The van der Waals surface area contributed by atoms with Gasteiger partial charge in [0, 0.05) is 38.1 Å². The Morgan fingerprint density at radius 3 is 2.60 bits per heavy atom. The molecule has 206 valence electrons. The van der Waals surface area contributed by atoms with Gasteiger partial charge in [0.05, 0.1) is 5.52 Å². The average Bonchev–Trinajstić information content (AvgIpc) is 3.67. The predicted octanol–water partition coefficient (Wildman–Crippen LogP) is 4.92. The van der Waals surface area contributed by atoms with E-state index in [2.05, 4.69) is 57.3 Å². The highest BCUT2D eigenvalue weighted by atomic mass is 16.2. The second-order valence-electron chi connectivity index (χ2n) is 12.1. The lowest BCUT2D eigenvalue weighted by Gasteiger charge is -2.34. The lowest BCUT2D eigenvalue weighted by Crippen LogP contribution is -2.50. The first-order valence-electron chi connectivity index (χ1n) is 14.0. The molecule has 0 spiro atoms. The van der Waals surface area contributed by atoms with Crippen molar-refractivity contribution in [1.82, 2.24) is 30.5 Å². The highest BCUT2D eigenvalue weighted by Gasteiger charge is 2.43. The van der Waals surface area contributed by atoms with Gasteiger partial charge in [-0.25, -0.2) is 9.48 Å². The van der Waals surface area contributed by atoms with Gasteiger partial charge in [-0.15, -0.1) is 5.10 Å². The number of benzene rings is 3. The topological polar surface area (TPSA) is 92.2 Å². The summed E-state index contributed by atoms with van der Waals surface area (Å²) in [5.74, 6) is 0.412. The minimum absolute atomic E-state index is 0.0193. The van der Waals surface area contributed by atoms with Crippen LogP contribution in [0.4, 0.5) is 4.79 Å². The molecule has 3 amide bonds. The second kappa shape index (κ2) is 10.1. The molecule has 4 aromatic rings. The molecule has 6 rings (SSSR count). The number of rotatable bonds is 5. The number of hydrogen-bond donors (Lipinski definition) is 2. The van der Waals surface area contributed by atoms with Crippen LogP contribution in [0.2, 0.25) is 0 Å². The molecule has 1 aliphatic heterocycles. The molecule has 1 aliphatic carbocycles. The standard InChI is InChI=1S/C32H36N6O2/c1-32(2,3)34-31(40)38-15-14-24-23(21-11-13-28-29(16-21)37(4)36-35-28)12-10-22(27(24)19-38)18-33-30(39)26-17-25(26)20-8-6-5-7-9-20/h5-13,16,25-26H,14-15,17-19H2,1-4H3,(H,33,39)(H,34,40)/t25-,26?/m0/s1. The van der Waals surface area contributed by atoms with E-state index in [-0.39, 0.29) is 23.4 Å². The molecule has 0 radical (unpaired) electrons. The van der Waals surface area contributed by atoms with Crippen LogP contribution in [0.15, 0.2) is 60.7 Å². The van der Waals surface area contributed by atoms with Gasteiger partial charge in [0.1, 0.15) is 5.52 Å². The van der Waals surface area contributed by atoms with Crippen molar-refractivity contribution in [3.05, 3.63) is 82.9 Å². The first-order chi connectivity index (χ1) is 19.2. The average molecular weight is 537 g/mol. The third-order valence-corrected chi connectivity index (χ3v) is 8.01. The number of aromatic nitrogens is 3. The molecule has 2 N–H and O–H groups in total. The largest absolute Gasteiger partial charge is 0.352 e. The predicted molar refractivity (Wildman–Crippen MR) is 155 cm³/mol. The third-order valence-electron chi connectivity index (χ3n) is 8.01. The molecule has 40 heavy (non-hydrogen) atoms. The van der Waals surface area contributed by atoms with Crippen LogP contribution >= 0.6 is 0 Å². The van der Waals surface area contributed by atoms with Gasteiger partial charge in [-0.05, 0) is 85.0 Å². The zero-order valence-corrected chi connectivity index (χ0v) is 23.6. The molecule has 1 fully saturated rings. The van der Waals surface area contributed by atoms with Crippen LogP contribution in [0.1, 0.15) is 55.4 Å². The molecule has 1 aromatic heterocycles. The zero-order chi connectivity index (χ0) is 28.0. The van der Waals surface area contributed by atoms with E-state index in [0.717, 1.165) is 46.1 Å². The molecule has 0 bridgehead atoms. The number of urea groups is 1. The maximum atomic E-state index is 13.1. The fourth-order valence-corrected chi connectivity index (χ4v) is 5.81. The Kier molecular flexibility index (Phi) is 6.56. The highest BCUT2D eigenvalue weighted by Crippen LogP contribution is 2.47. The quantitative estimate of drug-likeness (QED) is 0.379. The van der Waals surface area contributed by atoms with Gasteiger partial charge in [-0.3, -0.25) is 4.79 Å². The Morgan fingerprint density at radius 1 is 1.02 bits per heavy atom. The Labute approximate surface area is 234 Å². The number of nitrogens with zero attached hydrogens (tertiary/aromatic N) is 4. The highest BCUT2D eigenvalue weighted by molar-refractivity contribution is 5.84. The maximum Gasteiger partial charge on any atom is 0.318 e. The molecular weight excluding hydrogens is 500 g/mol. The number of carbonyl (C=O) groups excluding carboxylic acids is 2. The number of fused-ring (bicyclic) bond motifs is 2.